The minimum absolute atomic E-state index is 0.153. The summed E-state index contributed by atoms with van der Waals surface area (Å²) in [6.07, 6.45) is 2.77. The van der Waals surface area contributed by atoms with Gasteiger partial charge in [-0.1, -0.05) is 6.42 Å². The molecule has 18 heavy (non-hydrogen) atoms. The Balaban J connectivity index is 1.94. The Morgan fingerprint density at radius 3 is 2.83 bits per heavy atom. The maximum atomic E-state index is 12.2. The van der Waals surface area contributed by atoms with Gasteiger partial charge in [0.2, 0.25) is 0 Å². The van der Waals surface area contributed by atoms with Gasteiger partial charge in [0.1, 0.15) is 11.0 Å². The Labute approximate surface area is 107 Å². The van der Waals surface area contributed by atoms with E-state index < -0.39 is 11.0 Å². The Bertz CT molecular complexity index is 413. The van der Waals surface area contributed by atoms with Crippen LogP contribution in [0.5, 0.6) is 0 Å². The van der Waals surface area contributed by atoms with Crippen molar-refractivity contribution in [2.45, 2.75) is 24.8 Å². The minimum atomic E-state index is -0.623. The second-order valence-electron chi connectivity index (χ2n) is 5.39. The van der Waals surface area contributed by atoms with Gasteiger partial charge in [0, 0.05) is 19.0 Å². The molecule has 0 N–H and O–H groups in total. The van der Waals surface area contributed by atoms with Crippen molar-refractivity contribution < 1.29 is 14.3 Å². The number of morpholine rings is 1. The molecule has 0 radical (unpaired) electrons. The standard InChI is InChI=1S/C13H18N2O3/c1-17-11(16)12-4-2-3-10(12)13(12,9-14)15-5-7-18-8-6-15/h10H,2-8H2,1H3/t10-,12-,13-/m1/s1. The molecule has 3 atom stereocenters. The van der Waals surface area contributed by atoms with Gasteiger partial charge >= 0.3 is 5.97 Å². The molecule has 5 nitrogen and oxygen atoms in total. The van der Waals surface area contributed by atoms with Crippen molar-refractivity contribution in [1.29, 1.82) is 5.26 Å². The third-order valence-corrected chi connectivity index (χ3v) is 4.99. The van der Waals surface area contributed by atoms with Crippen molar-refractivity contribution in [1.82, 2.24) is 4.90 Å². The van der Waals surface area contributed by atoms with Gasteiger partial charge in [-0.25, -0.2) is 0 Å². The van der Waals surface area contributed by atoms with Crippen LogP contribution in [-0.2, 0) is 14.3 Å². The Kier molecular flexibility index (Phi) is 2.61. The summed E-state index contributed by atoms with van der Waals surface area (Å²) < 4.78 is 10.3. The van der Waals surface area contributed by atoms with Gasteiger partial charge in [-0.3, -0.25) is 9.69 Å². The molecule has 0 amide bonds. The molecule has 1 heterocycles. The molecule has 5 heteroatoms. The lowest BCUT2D eigenvalue weighted by atomic mass is 9.94. The Morgan fingerprint density at radius 1 is 1.50 bits per heavy atom. The molecular formula is C13H18N2O3. The minimum Gasteiger partial charge on any atom is -0.468 e. The highest BCUT2D eigenvalue weighted by Gasteiger charge is 2.85. The molecule has 2 aliphatic carbocycles. The quantitative estimate of drug-likeness (QED) is 0.670. The van der Waals surface area contributed by atoms with Crippen LogP contribution in [0, 0.1) is 22.7 Å². The summed E-state index contributed by atoms with van der Waals surface area (Å²) in [5, 5.41) is 9.68. The summed E-state index contributed by atoms with van der Waals surface area (Å²) >= 11 is 0. The van der Waals surface area contributed by atoms with Gasteiger partial charge in [0.25, 0.3) is 0 Å². The van der Waals surface area contributed by atoms with Crippen LogP contribution in [0.25, 0.3) is 0 Å². The van der Waals surface area contributed by atoms with E-state index in [4.69, 9.17) is 9.47 Å². The van der Waals surface area contributed by atoms with E-state index in [0.29, 0.717) is 13.2 Å². The van der Waals surface area contributed by atoms with Crippen LogP contribution < -0.4 is 0 Å². The maximum absolute atomic E-state index is 12.2. The van der Waals surface area contributed by atoms with E-state index in [1.807, 2.05) is 0 Å². The Hall–Kier alpha value is -1.12. The van der Waals surface area contributed by atoms with Crippen LogP contribution in [0.3, 0.4) is 0 Å². The lowest BCUT2D eigenvalue weighted by Gasteiger charge is -2.34. The highest BCUT2D eigenvalue weighted by Crippen LogP contribution is 2.73. The second kappa shape index (κ2) is 3.94. The number of rotatable bonds is 2. The van der Waals surface area contributed by atoms with Gasteiger partial charge in [-0.2, -0.15) is 5.26 Å². The smallest absolute Gasteiger partial charge is 0.315 e. The zero-order chi connectivity index (χ0) is 12.8. The van der Waals surface area contributed by atoms with Gasteiger partial charge in [-0.15, -0.1) is 0 Å². The van der Waals surface area contributed by atoms with E-state index in [1.54, 1.807) is 0 Å². The number of ether oxygens (including phenoxy) is 2. The first-order valence-electron chi connectivity index (χ1n) is 6.56. The summed E-state index contributed by atoms with van der Waals surface area (Å²) in [5.74, 6) is -0.0430. The van der Waals surface area contributed by atoms with Crippen LogP contribution in [0.15, 0.2) is 0 Å². The first kappa shape index (κ1) is 11.9. The monoisotopic (exact) mass is 250 g/mol. The number of carbonyl (C=O) groups excluding carboxylic acids is 1. The summed E-state index contributed by atoms with van der Waals surface area (Å²) in [6, 6.07) is 2.45. The number of nitriles is 1. The van der Waals surface area contributed by atoms with E-state index >= 15 is 0 Å². The number of fused-ring (bicyclic) bond motifs is 1. The van der Waals surface area contributed by atoms with Crippen molar-refractivity contribution in [2.24, 2.45) is 11.3 Å². The van der Waals surface area contributed by atoms with Crippen molar-refractivity contribution in [3.05, 3.63) is 0 Å². The van der Waals surface area contributed by atoms with Crippen LogP contribution >= 0.6 is 0 Å². The molecular weight excluding hydrogens is 232 g/mol. The highest BCUT2D eigenvalue weighted by molar-refractivity contribution is 5.86. The number of nitrogens with zero attached hydrogens (tertiary/aromatic N) is 2. The van der Waals surface area contributed by atoms with Gasteiger partial charge in [0.05, 0.1) is 26.4 Å². The lowest BCUT2D eigenvalue weighted by molar-refractivity contribution is -0.149. The average Bonchev–Trinajstić information content (AvgIpc) is 2.76. The second-order valence-corrected chi connectivity index (χ2v) is 5.39. The zero-order valence-corrected chi connectivity index (χ0v) is 10.6. The zero-order valence-electron chi connectivity index (χ0n) is 10.6. The molecule has 3 fully saturated rings. The summed E-state index contributed by atoms with van der Waals surface area (Å²) in [7, 11) is 1.42. The van der Waals surface area contributed by atoms with Crippen molar-refractivity contribution in [3.8, 4) is 6.07 Å². The fourth-order valence-electron chi connectivity index (χ4n) is 4.25. The first-order chi connectivity index (χ1) is 8.74. The predicted molar refractivity (Wildman–Crippen MR) is 62.5 cm³/mol. The molecule has 3 rings (SSSR count). The summed E-state index contributed by atoms with van der Waals surface area (Å²) in [4.78, 5) is 14.3. The van der Waals surface area contributed by atoms with Crippen LogP contribution in [0.1, 0.15) is 19.3 Å². The van der Waals surface area contributed by atoms with Crippen LogP contribution in [0.2, 0.25) is 0 Å². The SMILES string of the molecule is COC(=O)[C@@]12CCC[C@H]1[C@@]2(C#N)N1CCOCC1. The molecule has 0 unspecified atom stereocenters. The molecule has 0 aromatic carbocycles. The normalized spacial score (nSPS) is 43.0. The summed E-state index contributed by atoms with van der Waals surface area (Å²) in [5.41, 5.74) is -1.18. The van der Waals surface area contributed by atoms with E-state index in [0.717, 1.165) is 32.4 Å². The van der Waals surface area contributed by atoms with E-state index in [9.17, 15) is 10.1 Å². The topological polar surface area (TPSA) is 62.6 Å². The number of carbonyl (C=O) groups is 1. The molecule has 0 aromatic heterocycles. The molecule has 0 aromatic rings. The first-order valence-corrected chi connectivity index (χ1v) is 6.56. The fourth-order valence-corrected chi connectivity index (χ4v) is 4.25. The van der Waals surface area contributed by atoms with E-state index in [-0.39, 0.29) is 11.9 Å². The predicted octanol–water partition coefficient (Wildman–Crippen LogP) is 0.554. The number of esters is 1. The molecule has 1 saturated heterocycles. The number of hydrogen-bond donors (Lipinski definition) is 0. The molecule has 1 aliphatic heterocycles. The summed E-state index contributed by atoms with van der Waals surface area (Å²) in [6.45, 7) is 2.77. The lowest BCUT2D eigenvalue weighted by Crippen LogP contribution is -2.50. The van der Waals surface area contributed by atoms with Crippen LogP contribution in [0.4, 0.5) is 0 Å². The van der Waals surface area contributed by atoms with Crippen molar-refractivity contribution in [2.75, 3.05) is 33.4 Å². The molecule has 0 bridgehead atoms. The van der Waals surface area contributed by atoms with Gasteiger partial charge < -0.3 is 9.47 Å². The van der Waals surface area contributed by atoms with E-state index in [1.165, 1.54) is 7.11 Å². The van der Waals surface area contributed by atoms with Crippen molar-refractivity contribution in [3.63, 3.8) is 0 Å². The molecule has 3 aliphatic rings. The van der Waals surface area contributed by atoms with Gasteiger partial charge in [0.15, 0.2) is 0 Å². The number of methoxy groups -OCH3 is 1. The Morgan fingerprint density at radius 2 is 2.22 bits per heavy atom. The maximum Gasteiger partial charge on any atom is 0.315 e. The molecule has 0 spiro atoms. The molecule has 2 saturated carbocycles. The largest absolute Gasteiger partial charge is 0.468 e. The van der Waals surface area contributed by atoms with E-state index in [2.05, 4.69) is 11.0 Å². The number of hydrogen-bond acceptors (Lipinski definition) is 5. The third kappa shape index (κ3) is 1.15. The highest BCUT2D eigenvalue weighted by atomic mass is 16.5. The molecule has 98 valence electrons. The van der Waals surface area contributed by atoms with Crippen LogP contribution in [-0.4, -0.2) is 49.8 Å². The average molecular weight is 250 g/mol. The third-order valence-electron chi connectivity index (χ3n) is 4.99. The van der Waals surface area contributed by atoms with Crippen molar-refractivity contribution >= 4 is 5.97 Å². The fraction of sp³-hybridized carbons (Fsp3) is 0.846. The van der Waals surface area contributed by atoms with Gasteiger partial charge in [-0.05, 0) is 12.8 Å².